The van der Waals surface area contributed by atoms with Crippen LogP contribution in [0.5, 0.6) is 0 Å². The van der Waals surface area contributed by atoms with Gasteiger partial charge >= 0.3 is 0 Å². The van der Waals surface area contributed by atoms with Crippen LogP contribution in [0.1, 0.15) is 110 Å². The topological polar surface area (TPSA) is 24.1 Å². The van der Waals surface area contributed by atoms with E-state index in [0.717, 1.165) is 47.3 Å². The van der Waals surface area contributed by atoms with Crippen LogP contribution in [-0.4, -0.2) is 19.3 Å². The van der Waals surface area contributed by atoms with E-state index in [4.69, 9.17) is 0 Å². The average Bonchev–Trinajstić information content (AvgIpc) is 2.82. The molecule has 2 N–H and O–H groups in total. The molecule has 3 saturated carbocycles. The fourth-order valence-electron chi connectivity index (χ4n) is 9.05. The van der Waals surface area contributed by atoms with Crippen molar-refractivity contribution in [3.63, 3.8) is 0 Å². The van der Waals surface area contributed by atoms with Crippen molar-refractivity contribution < 1.29 is 0 Å². The van der Waals surface area contributed by atoms with E-state index >= 15 is 0 Å². The lowest BCUT2D eigenvalue weighted by molar-refractivity contribution is -0.0115. The van der Waals surface area contributed by atoms with Crippen LogP contribution >= 0.6 is 0 Å². The van der Waals surface area contributed by atoms with Gasteiger partial charge in [0.25, 0.3) is 0 Å². The Hall–Kier alpha value is -0.340. The molecule has 1 saturated heterocycles. The molecule has 7 unspecified atom stereocenters. The lowest BCUT2D eigenvalue weighted by atomic mass is 9.54. The van der Waals surface area contributed by atoms with Gasteiger partial charge in [0.15, 0.2) is 0 Å². The molecule has 5 rings (SSSR count). The molecule has 0 aromatic rings. The number of fused-ring (bicyclic) bond motifs is 1. The predicted octanol–water partition coefficient (Wildman–Crippen LogP) is 7.31. The minimum atomic E-state index is 0.614. The van der Waals surface area contributed by atoms with Crippen LogP contribution in [0.15, 0.2) is 12.2 Å². The van der Waals surface area contributed by atoms with E-state index in [1.165, 1.54) is 77.3 Å². The third-order valence-corrected chi connectivity index (χ3v) is 10.8. The van der Waals surface area contributed by atoms with Gasteiger partial charge in [0.2, 0.25) is 0 Å². The summed E-state index contributed by atoms with van der Waals surface area (Å²) in [6, 6.07) is 0. The molecule has 1 heterocycles. The van der Waals surface area contributed by atoms with Crippen molar-refractivity contribution in [3.05, 3.63) is 12.2 Å². The highest BCUT2D eigenvalue weighted by atomic mass is 15.2. The lowest BCUT2D eigenvalue weighted by Gasteiger charge is -2.52. The quantitative estimate of drug-likeness (QED) is 0.387. The molecule has 182 valence electrons. The van der Waals surface area contributed by atoms with Crippen molar-refractivity contribution in [2.24, 2.45) is 47.3 Å². The fourth-order valence-corrected chi connectivity index (χ4v) is 9.05. The van der Waals surface area contributed by atoms with Crippen molar-refractivity contribution >= 4 is 0 Å². The van der Waals surface area contributed by atoms with Gasteiger partial charge in [-0.2, -0.15) is 0 Å². The van der Waals surface area contributed by atoms with Crippen molar-refractivity contribution in [2.75, 3.05) is 13.1 Å². The van der Waals surface area contributed by atoms with Crippen LogP contribution in [-0.2, 0) is 0 Å². The summed E-state index contributed by atoms with van der Waals surface area (Å²) >= 11 is 0. The lowest BCUT2D eigenvalue weighted by Crippen LogP contribution is -2.54. The first-order valence-electron chi connectivity index (χ1n) is 15.0. The summed E-state index contributed by atoms with van der Waals surface area (Å²) in [5.41, 5.74) is 0. The molecule has 0 aromatic carbocycles. The zero-order valence-corrected chi connectivity index (χ0v) is 21.1. The third-order valence-electron chi connectivity index (χ3n) is 10.8. The molecule has 0 spiro atoms. The molecular weight excluding hydrogens is 388 g/mol. The highest BCUT2D eigenvalue weighted by Crippen LogP contribution is 2.54. The van der Waals surface area contributed by atoms with Gasteiger partial charge in [0.05, 0.1) is 6.17 Å². The van der Waals surface area contributed by atoms with Gasteiger partial charge < -0.3 is 10.6 Å². The van der Waals surface area contributed by atoms with Crippen LogP contribution in [0.4, 0.5) is 0 Å². The first-order valence-corrected chi connectivity index (χ1v) is 15.0. The van der Waals surface area contributed by atoms with Gasteiger partial charge in [-0.25, -0.2) is 0 Å². The minimum absolute atomic E-state index is 0.614. The second-order valence-electron chi connectivity index (χ2n) is 12.5. The van der Waals surface area contributed by atoms with E-state index in [1.54, 1.807) is 38.5 Å². The van der Waals surface area contributed by atoms with E-state index in [0.29, 0.717) is 6.17 Å². The molecule has 5 aliphatic rings. The molecule has 4 fully saturated rings. The molecule has 4 aliphatic carbocycles. The van der Waals surface area contributed by atoms with Crippen LogP contribution in [0.25, 0.3) is 0 Å². The maximum Gasteiger partial charge on any atom is 0.0584 e. The standard InChI is InChI=1S/C30H52N2/c1-2-8-25(21-32-30-19-20-31-30)22-13-15-24(16-14-22)27-18-17-26(23-9-4-3-5-10-23)28-11-6-7-12-29(27)28/h4,9,22-32H,2-3,5-8,10-21H2,1H3. The number of hydrogen-bond acceptors (Lipinski definition) is 2. The molecular formula is C30H52N2. The van der Waals surface area contributed by atoms with Gasteiger partial charge in [-0.3, -0.25) is 0 Å². The van der Waals surface area contributed by atoms with E-state index in [9.17, 15) is 0 Å². The Morgan fingerprint density at radius 1 is 0.812 bits per heavy atom. The Balaban J connectivity index is 1.16. The van der Waals surface area contributed by atoms with Gasteiger partial charge in [0, 0.05) is 0 Å². The van der Waals surface area contributed by atoms with Crippen molar-refractivity contribution in [1.82, 2.24) is 10.6 Å². The average molecular weight is 441 g/mol. The predicted molar refractivity (Wildman–Crippen MR) is 136 cm³/mol. The zero-order chi connectivity index (χ0) is 21.8. The number of nitrogens with one attached hydrogen (secondary N) is 2. The number of hydrogen-bond donors (Lipinski definition) is 2. The number of allylic oxidation sites excluding steroid dienone is 2. The van der Waals surface area contributed by atoms with Crippen molar-refractivity contribution in [3.8, 4) is 0 Å². The Morgan fingerprint density at radius 3 is 2.22 bits per heavy atom. The van der Waals surface area contributed by atoms with Crippen molar-refractivity contribution in [1.29, 1.82) is 0 Å². The van der Waals surface area contributed by atoms with Gasteiger partial charge in [-0.15, -0.1) is 0 Å². The monoisotopic (exact) mass is 440 g/mol. The summed E-state index contributed by atoms with van der Waals surface area (Å²) in [7, 11) is 0. The normalized spacial score (nSPS) is 43.3. The van der Waals surface area contributed by atoms with Gasteiger partial charge in [0.1, 0.15) is 0 Å². The summed E-state index contributed by atoms with van der Waals surface area (Å²) in [6.45, 7) is 4.86. The van der Waals surface area contributed by atoms with Gasteiger partial charge in [-0.1, -0.05) is 38.3 Å². The van der Waals surface area contributed by atoms with Crippen LogP contribution in [0, 0.1) is 47.3 Å². The first kappa shape index (κ1) is 23.4. The Bertz CT molecular complexity index is 588. The zero-order valence-electron chi connectivity index (χ0n) is 21.1. The molecule has 2 nitrogen and oxygen atoms in total. The largest absolute Gasteiger partial charge is 0.302 e. The molecule has 1 aliphatic heterocycles. The van der Waals surface area contributed by atoms with E-state index in [-0.39, 0.29) is 0 Å². The summed E-state index contributed by atoms with van der Waals surface area (Å²) in [5, 5.41) is 7.37. The summed E-state index contributed by atoms with van der Waals surface area (Å²) in [6.07, 6.45) is 29.6. The van der Waals surface area contributed by atoms with Crippen LogP contribution < -0.4 is 10.6 Å². The summed E-state index contributed by atoms with van der Waals surface area (Å²) in [4.78, 5) is 0. The second-order valence-corrected chi connectivity index (χ2v) is 12.5. The maximum atomic E-state index is 3.83. The third kappa shape index (κ3) is 5.32. The Kier molecular flexibility index (Phi) is 8.33. The molecule has 32 heavy (non-hydrogen) atoms. The Morgan fingerprint density at radius 2 is 1.56 bits per heavy atom. The van der Waals surface area contributed by atoms with E-state index < -0.39 is 0 Å². The second kappa shape index (κ2) is 11.4. The highest BCUT2D eigenvalue weighted by Gasteiger charge is 2.45. The smallest absolute Gasteiger partial charge is 0.0584 e. The molecule has 0 aromatic heterocycles. The van der Waals surface area contributed by atoms with E-state index in [2.05, 4.69) is 29.7 Å². The van der Waals surface area contributed by atoms with Crippen LogP contribution in [0.2, 0.25) is 0 Å². The minimum Gasteiger partial charge on any atom is -0.302 e. The van der Waals surface area contributed by atoms with Crippen LogP contribution in [0.3, 0.4) is 0 Å². The molecule has 0 bridgehead atoms. The van der Waals surface area contributed by atoms with E-state index in [1.807, 2.05) is 0 Å². The molecule has 7 atom stereocenters. The Labute approximate surface area is 199 Å². The molecule has 0 amide bonds. The molecule has 0 radical (unpaired) electrons. The SMILES string of the molecule is CCCC(CNC1CCN1)C1CCC(C2CCC(C3C=CCCC3)C3CCCCC23)CC1. The summed E-state index contributed by atoms with van der Waals surface area (Å²) < 4.78 is 0. The highest BCUT2D eigenvalue weighted by molar-refractivity contribution is 5.02. The van der Waals surface area contributed by atoms with Gasteiger partial charge in [-0.05, 0) is 144 Å². The summed E-state index contributed by atoms with van der Waals surface area (Å²) in [5.74, 6) is 8.15. The van der Waals surface area contributed by atoms with Crippen molar-refractivity contribution in [2.45, 2.75) is 116 Å². The fraction of sp³-hybridized carbons (Fsp3) is 0.933. The maximum absolute atomic E-state index is 3.83. The molecule has 2 heteroatoms. The first-order chi connectivity index (χ1) is 15.8. The number of rotatable bonds is 8.